The molecule has 54 heavy (non-hydrogen) atoms. The Hall–Kier alpha value is -4.30. The molecule has 0 spiro atoms. The summed E-state index contributed by atoms with van der Waals surface area (Å²) in [5.41, 5.74) is 5.17. The van der Waals surface area contributed by atoms with Crippen LogP contribution in [0.5, 0.6) is 0 Å². The zero-order valence-corrected chi connectivity index (χ0v) is 32.5. The molecule has 2 aromatic rings. The van der Waals surface area contributed by atoms with E-state index in [1.165, 1.54) is 23.5 Å². The number of rotatable bonds is 13. The van der Waals surface area contributed by atoms with Crippen molar-refractivity contribution >= 4 is 64.2 Å². The fourth-order valence-corrected chi connectivity index (χ4v) is 8.02. The van der Waals surface area contributed by atoms with Crippen LogP contribution in [-0.2, 0) is 24.0 Å². The molecule has 16 heteroatoms. The van der Waals surface area contributed by atoms with E-state index in [0.29, 0.717) is 10.7 Å². The van der Waals surface area contributed by atoms with Crippen molar-refractivity contribution < 1.29 is 28.8 Å². The topological polar surface area (TPSA) is 197 Å². The number of nitrogens with one attached hydrogen (secondary N) is 3. The average Bonchev–Trinajstić information content (AvgIpc) is 3.13. The van der Waals surface area contributed by atoms with E-state index in [-0.39, 0.29) is 48.6 Å². The standard InChI is InChI=1S/C38H50Cl2N8O6/c1-38(2,3)32(46-36(53)30(23-10-5-4-6-11-23)45-34(51)27-20-42-14-15-43-27)37(54)47-16-17-48(28-13-12-24(39)19-25(28)40)29(21-47)35(52)44-26(31(49)33(41)50)18-22-8-7-9-22/h12-15,19-20,22-23,26,29-30,32H,4-11,16-18,21H2,1-3H3,(H2,41,50)(H,44,52)(H,45,51)(H,46,53)/t26?,29-,30-,32-/m1/s1. The van der Waals surface area contributed by atoms with Gasteiger partial charge in [-0.3, -0.25) is 33.8 Å². The van der Waals surface area contributed by atoms with Gasteiger partial charge in [0.05, 0.1) is 29.5 Å². The van der Waals surface area contributed by atoms with Crippen LogP contribution in [-0.4, -0.2) is 94.0 Å². The second-order valence-electron chi connectivity index (χ2n) is 15.7. The van der Waals surface area contributed by atoms with Gasteiger partial charge in [-0.2, -0.15) is 0 Å². The number of primary amides is 1. The minimum Gasteiger partial charge on any atom is -0.363 e. The van der Waals surface area contributed by atoms with Gasteiger partial charge in [0.15, 0.2) is 0 Å². The molecule has 2 heterocycles. The number of anilines is 1. The number of carbonyl (C=O) groups is 6. The van der Waals surface area contributed by atoms with Crippen LogP contribution < -0.4 is 26.6 Å². The minimum atomic E-state index is -1.14. The number of hydrogen-bond donors (Lipinski definition) is 4. The van der Waals surface area contributed by atoms with E-state index in [1.807, 2.05) is 20.8 Å². The first kappa shape index (κ1) is 40.9. The Bertz CT molecular complexity index is 1710. The molecule has 0 radical (unpaired) electrons. The van der Waals surface area contributed by atoms with Crippen molar-refractivity contribution in [1.29, 1.82) is 0 Å². The van der Waals surface area contributed by atoms with E-state index in [4.69, 9.17) is 28.9 Å². The number of piperazine rings is 1. The maximum absolute atomic E-state index is 14.6. The molecule has 14 nitrogen and oxygen atoms in total. The van der Waals surface area contributed by atoms with Gasteiger partial charge in [-0.1, -0.05) is 82.5 Å². The zero-order chi connectivity index (χ0) is 39.2. The van der Waals surface area contributed by atoms with Crippen LogP contribution in [0.3, 0.4) is 0 Å². The molecule has 5 N–H and O–H groups in total. The largest absolute Gasteiger partial charge is 0.363 e. The summed E-state index contributed by atoms with van der Waals surface area (Å²) in [5.74, 6) is -4.03. The summed E-state index contributed by atoms with van der Waals surface area (Å²) in [6, 6.07) is 0.756. The predicted molar refractivity (Wildman–Crippen MR) is 204 cm³/mol. The summed E-state index contributed by atoms with van der Waals surface area (Å²) in [6.07, 6.45) is 11.5. The molecule has 4 atom stereocenters. The van der Waals surface area contributed by atoms with Gasteiger partial charge in [-0.25, -0.2) is 4.98 Å². The quantitative estimate of drug-likeness (QED) is 0.220. The van der Waals surface area contributed by atoms with Crippen LogP contribution in [0.4, 0.5) is 5.69 Å². The number of carbonyl (C=O) groups excluding carboxylic acids is 6. The number of nitrogens with two attached hydrogens (primary N) is 1. The number of halogens is 2. The SMILES string of the molecule is CC(C)(C)[C@H](NC(=O)[C@H](NC(=O)c1cnccn1)C1CCCCC1)C(=O)N1CCN(c2ccc(Cl)cc2Cl)[C@@H](C(=O)NC(CC2CCC2)C(=O)C(N)=O)C1. The first-order valence-electron chi connectivity index (χ1n) is 18.7. The van der Waals surface area contributed by atoms with E-state index in [1.54, 1.807) is 23.1 Å². The molecular weight excluding hydrogens is 735 g/mol. The van der Waals surface area contributed by atoms with Gasteiger partial charge in [-0.05, 0) is 54.7 Å². The van der Waals surface area contributed by atoms with Gasteiger partial charge in [-0.15, -0.1) is 0 Å². The second kappa shape index (κ2) is 17.9. The fraction of sp³-hybridized carbons (Fsp3) is 0.579. The first-order chi connectivity index (χ1) is 25.6. The minimum absolute atomic E-state index is 0.0741. The normalized spacial score (nSPS) is 19.8. The molecule has 2 aliphatic carbocycles. The number of benzene rings is 1. The van der Waals surface area contributed by atoms with Crippen molar-refractivity contribution in [2.45, 2.75) is 103 Å². The van der Waals surface area contributed by atoms with Crippen molar-refractivity contribution in [3.63, 3.8) is 0 Å². The molecule has 3 aliphatic rings. The Balaban J connectivity index is 1.40. The highest BCUT2D eigenvalue weighted by atomic mass is 35.5. The molecule has 1 aromatic carbocycles. The van der Waals surface area contributed by atoms with Crippen LogP contribution in [0, 0.1) is 17.3 Å². The Morgan fingerprint density at radius 3 is 2.24 bits per heavy atom. The molecule has 5 rings (SSSR count). The van der Waals surface area contributed by atoms with E-state index in [9.17, 15) is 28.8 Å². The third kappa shape index (κ3) is 10.1. The summed E-state index contributed by atoms with van der Waals surface area (Å²) >= 11 is 12.8. The third-order valence-corrected chi connectivity index (χ3v) is 11.3. The molecule has 5 amide bonds. The molecule has 0 bridgehead atoms. The maximum Gasteiger partial charge on any atom is 0.287 e. The smallest absolute Gasteiger partial charge is 0.287 e. The lowest BCUT2D eigenvalue weighted by Gasteiger charge is -2.45. The zero-order valence-electron chi connectivity index (χ0n) is 31.0. The van der Waals surface area contributed by atoms with E-state index < -0.39 is 64.9 Å². The van der Waals surface area contributed by atoms with Crippen molar-refractivity contribution in [3.8, 4) is 0 Å². The summed E-state index contributed by atoms with van der Waals surface area (Å²) in [6.45, 7) is 5.72. The number of nitrogens with zero attached hydrogens (tertiary/aromatic N) is 4. The summed E-state index contributed by atoms with van der Waals surface area (Å²) < 4.78 is 0. The van der Waals surface area contributed by atoms with Crippen LogP contribution in [0.25, 0.3) is 0 Å². The summed E-state index contributed by atoms with van der Waals surface area (Å²) in [7, 11) is 0. The molecular formula is C38H50Cl2N8O6. The maximum atomic E-state index is 14.6. The van der Waals surface area contributed by atoms with Crippen LogP contribution in [0.1, 0.15) is 89.0 Å². The highest BCUT2D eigenvalue weighted by Crippen LogP contribution is 2.34. The number of amides is 5. The van der Waals surface area contributed by atoms with E-state index in [2.05, 4.69) is 25.9 Å². The number of aromatic nitrogens is 2. The highest BCUT2D eigenvalue weighted by Gasteiger charge is 2.43. The predicted octanol–water partition coefficient (Wildman–Crippen LogP) is 3.44. The third-order valence-electron chi connectivity index (χ3n) is 10.8. The summed E-state index contributed by atoms with van der Waals surface area (Å²) in [5, 5.41) is 9.31. The first-order valence-corrected chi connectivity index (χ1v) is 19.4. The van der Waals surface area contributed by atoms with Gasteiger partial charge >= 0.3 is 0 Å². The lowest BCUT2D eigenvalue weighted by molar-refractivity contribution is -0.142. The number of Topliss-reactive ketones (excluding diaryl/α,β-unsaturated/α-hetero) is 1. The van der Waals surface area contributed by atoms with Gasteiger partial charge in [0.25, 0.3) is 11.8 Å². The molecule has 2 saturated carbocycles. The molecule has 3 fully saturated rings. The Morgan fingerprint density at radius 2 is 1.65 bits per heavy atom. The Labute approximate surface area is 325 Å². The van der Waals surface area contributed by atoms with Crippen molar-refractivity contribution in [1.82, 2.24) is 30.8 Å². The molecule has 1 aromatic heterocycles. The lowest BCUT2D eigenvalue weighted by Crippen LogP contribution is -2.66. The van der Waals surface area contributed by atoms with E-state index >= 15 is 0 Å². The molecule has 1 unspecified atom stereocenters. The summed E-state index contributed by atoms with van der Waals surface area (Å²) in [4.78, 5) is 92.4. The van der Waals surface area contributed by atoms with Crippen LogP contribution in [0.2, 0.25) is 10.0 Å². The monoisotopic (exact) mass is 784 g/mol. The van der Waals surface area contributed by atoms with Gasteiger partial charge in [0.1, 0.15) is 23.8 Å². The second-order valence-corrected chi connectivity index (χ2v) is 16.5. The van der Waals surface area contributed by atoms with Crippen molar-refractivity contribution in [3.05, 3.63) is 52.5 Å². The van der Waals surface area contributed by atoms with Gasteiger partial charge in [0.2, 0.25) is 23.5 Å². The van der Waals surface area contributed by atoms with Crippen molar-refractivity contribution in [2.24, 2.45) is 23.0 Å². The van der Waals surface area contributed by atoms with Crippen LogP contribution in [0.15, 0.2) is 36.8 Å². The fourth-order valence-electron chi connectivity index (χ4n) is 7.50. The lowest BCUT2D eigenvalue weighted by atomic mass is 9.80. The molecule has 292 valence electrons. The Kier molecular flexibility index (Phi) is 13.5. The highest BCUT2D eigenvalue weighted by molar-refractivity contribution is 6.38. The van der Waals surface area contributed by atoms with E-state index in [0.717, 1.165) is 51.4 Å². The van der Waals surface area contributed by atoms with Crippen molar-refractivity contribution in [2.75, 3.05) is 24.5 Å². The molecule has 1 saturated heterocycles. The molecule has 1 aliphatic heterocycles. The Morgan fingerprint density at radius 1 is 0.926 bits per heavy atom. The average molecular weight is 786 g/mol. The van der Waals surface area contributed by atoms with Gasteiger partial charge in [0, 0.05) is 30.5 Å². The van der Waals surface area contributed by atoms with Crippen LogP contribution >= 0.6 is 23.2 Å². The van der Waals surface area contributed by atoms with Gasteiger partial charge < -0.3 is 31.5 Å². The number of ketones is 1. The number of hydrogen-bond acceptors (Lipinski definition) is 9.